The van der Waals surface area contributed by atoms with E-state index >= 15 is 0 Å². The van der Waals surface area contributed by atoms with Gasteiger partial charge >= 0.3 is 0 Å². The number of aromatic nitrogens is 4. The molecule has 3 aromatic heterocycles. The molecule has 0 saturated heterocycles. The zero-order valence-electron chi connectivity index (χ0n) is 14.4. The van der Waals surface area contributed by atoms with Crippen LogP contribution in [0.25, 0.3) is 16.6 Å². The van der Waals surface area contributed by atoms with Crippen LogP contribution in [0.5, 0.6) is 0 Å². The first-order valence-corrected chi connectivity index (χ1v) is 9.97. The lowest BCUT2D eigenvalue weighted by Gasteiger charge is -2.05. The van der Waals surface area contributed by atoms with Gasteiger partial charge in [-0.1, -0.05) is 48.0 Å². The van der Waals surface area contributed by atoms with Crippen LogP contribution in [0.3, 0.4) is 0 Å². The Kier molecular flexibility index (Phi) is 5.12. The third kappa shape index (κ3) is 3.33. The first kappa shape index (κ1) is 18.3. The van der Waals surface area contributed by atoms with Gasteiger partial charge in [-0.25, -0.2) is 9.37 Å². The summed E-state index contributed by atoms with van der Waals surface area (Å²) in [6, 6.07) is 8.95. The number of hydrogen-bond donors (Lipinski definition) is 0. The van der Waals surface area contributed by atoms with Crippen LogP contribution in [-0.2, 0) is 6.54 Å². The van der Waals surface area contributed by atoms with Crippen molar-refractivity contribution in [1.29, 1.82) is 0 Å². The van der Waals surface area contributed by atoms with Gasteiger partial charge in [0.25, 0.3) is 0 Å². The molecule has 0 amide bonds. The Bertz CT molecular complexity index is 1110. The fourth-order valence-electron chi connectivity index (χ4n) is 2.92. The van der Waals surface area contributed by atoms with Crippen molar-refractivity contribution in [3.8, 4) is 5.69 Å². The van der Waals surface area contributed by atoms with Crippen molar-refractivity contribution in [3.63, 3.8) is 0 Å². The lowest BCUT2D eigenvalue weighted by atomic mass is 10.2. The van der Waals surface area contributed by atoms with Gasteiger partial charge in [-0.05, 0) is 30.7 Å². The molecule has 0 radical (unpaired) electrons. The summed E-state index contributed by atoms with van der Waals surface area (Å²) < 4.78 is 18.4. The van der Waals surface area contributed by atoms with Crippen LogP contribution in [-0.4, -0.2) is 19.3 Å². The monoisotopic (exact) mass is 420 g/mol. The Morgan fingerprint density at radius 3 is 2.78 bits per heavy atom. The highest BCUT2D eigenvalue weighted by Crippen LogP contribution is 2.43. The van der Waals surface area contributed by atoms with Gasteiger partial charge < -0.3 is 0 Å². The van der Waals surface area contributed by atoms with Gasteiger partial charge in [-0.2, -0.15) is 5.10 Å². The molecule has 0 saturated carbocycles. The zero-order valence-corrected chi connectivity index (χ0v) is 16.7. The lowest BCUT2D eigenvalue weighted by Crippen LogP contribution is -1.97. The summed E-state index contributed by atoms with van der Waals surface area (Å²) in [7, 11) is 0. The van der Waals surface area contributed by atoms with E-state index in [1.165, 1.54) is 11.8 Å². The molecule has 0 atom stereocenters. The van der Waals surface area contributed by atoms with Crippen LogP contribution < -0.4 is 0 Å². The van der Waals surface area contributed by atoms with E-state index in [2.05, 4.69) is 17.0 Å². The molecule has 0 aliphatic rings. The molecule has 8 heteroatoms. The minimum atomic E-state index is -0.507. The summed E-state index contributed by atoms with van der Waals surface area (Å²) in [5, 5.41) is 6.24. The molecule has 0 unspecified atom stereocenters. The quantitative estimate of drug-likeness (QED) is 0.383. The largest absolute Gasteiger partial charge is 0.293 e. The molecule has 0 N–H and O–H groups in total. The molecule has 3 heterocycles. The molecule has 0 aliphatic carbocycles. The third-order valence-electron chi connectivity index (χ3n) is 4.10. The average molecular weight is 421 g/mol. The van der Waals surface area contributed by atoms with E-state index in [0.717, 1.165) is 22.9 Å². The van der Waals surface area contributed by atoms with Crippen molar-refractivity contribution in [2.24, 2.45) is 0 Å². The van der Waals surface area contributed by atoms with Gasteiger partial charge in [0.2, 0.25) is 0 Å². The summed E-state index contributed by atoms with van der Waals surface area (Å²) in [5.74, 6) is -0.507. The summed E-state index contributed by atoms with van der Waals surface area (Å²) in [6.07, 6.45) is 6.19. The molecule has 0 aliphatic heterocycles. The van der Waals surface area contributed by atoms with Gasteiger partial charge in [-0.3, -0.25) is 9.25 Å². The van der Waals surface area contributed by atoms with Gasteiger partial charge in [0.15, 0.2) is 5.82 Å². The van der Waals surface area contributed by atoms with E-state index in [4.69, 9.17) is 23.2 Å². The minimum absolute atomic E-state index is 0.0493. The van der Waals surface area contributed by atoms with Crippen LogP contribution in [0.4, 0.5) is 4.39 Å². The van der Waals surface area contributed by atoms with Gasteiger partial charge in [0, 0.05) is 24.3 Å². The van der Waals surface area contributed by atoms with Crippen molar-refractivity contribution in [2.45, 2.75) is 29.8 Å². The predicted molar refractivity (Wildman–Crippen MR) is 108 cm³/mol. The Hall–Kier alpha value is -2.02. The summed E-state index contributed by atoms with van der Waals surface area (Å²) in [4.78, 5) is 5.06. The molecular weight excluding hydrogens is 406 g/mol. The Morgan fingerprint density at radius 2 is 2.04 bits per heavy atom. The van der Waals surface area contributed by atoms with Gasteiger partial charge in [0.1, 0.15) is 10.2 Å². The number of fused-ring (bicyclic) bond motifs is 1. The number of halogens is 3. The van der Waals surface area contributed by atoms with Crippen molar-refractivity contribution < 1.29 is 4.39 Å². The van der Waals surface area contributed by atoms with Gasteiger partial charge in [-0.15, -0.1) is 0 Å². The smallest absolute Gasteiger partial charge is 0.166 e. The summed E-state index contributed by atoms with van der Waals surface area (Å²) in [5.41, 5.74) is 1.02. The van der Waals surface area contributed by atoms with E-state index in [-0.39, 0.29) is 5.02 Å². The molecule has 0 bridgehead atoms. The normalized spacial score (nSPS) is 11.4. The van der Waals surface area contributed by atoms with Crippen LogP contribution >= 0.6 is 35.0 Å². The summed E-state index contributed by atoms with van der Waals surface area (Å²) >= 11 is 14.2. The molecule has 0 spiro atoms. The van der Waals surface area contributed by atoms with Crippen molar-refractivity contribution in [2.75, 3.05) is 0 Å². The molecule has 4 aromatic rings. The number of aryl methyl sites for hydroxylation is 1. The van der Waals surface area contributed by atoms with E-state index in [1.807, 2.05) is 29.1 Å². The second-order valence-electron chi connectivity index (χ2n) is 5.94. The molecule has 138 valence electrons. The SMILES string of the molecule is CCCn1cc(-n2c(Cl)c(Sc3ccccn3)c3ccc(Cl)c(F)c32)cn1. The molecule has 0 fully saturated rings. The van der Waals surface area contributed by atoms with E-state index in [1.54, 1.807) is 29.1 Å². The maximum atomic E-state index is 15.0. The van der Waals surface area contributed by atoms with E-state index in [9.17, 15) is 4.39 Å². The number of hydrogen-bond acceptors (Lipinski definition) is 3. The highest BCUT2D eigenvalue weighted by atomic mass is 35.5. The molecular formula is C19H15Cl2FN4S. The Balaban J connectivity index is 1.94. The minimum Gasteiger partial charge on any atom is -0.293 e. The lowest BCUT2D eigenvalue weighted by molar-refractivity contribution is 0.602. The second kappa shape index (κ2) is 7.54. The van der Waals surface area contributed by atoms with Crippen LogP contribution in [0, 0.1) is 5.82 Å². The molecule has 1 aromatic carbocycles. The van der Waals surface area contributed by atoms with Crippen molar-refractivity contribution >= 4 is 45.9 Å². The number of pyridine rings is 1. The fourth-order valence-corrected chi connectivity index (χ4v) is 4.40. The van der Waals surface area contributed by atoms with Crippen molar-refractivity contribution in [3.05, 3.63) is 64.9 Å². The first-order chi connectivity index (χ1) is 13.1. The third-order valence-corrected chi connectivity index (χ3v) is 5.93. The number of benzene rings is 1. The number of nitrogens with zero attached hydrogens (tertiary/aromatic N) is 4. The standard InChI is InChI=1S/C19H15Cl2FN4S/c1-2-9-25-11-12(10-24-25)26-17-13(6-7-14(20)16(17)22)18(19(26)21)27-15-5-3-4-8-23-15/h3-8,10-11H,2,9H2,1H3. The highest BCUT2D eigenvalue weighted by Gasteiger charge is 2.23. The van der Waals surface area contributed by atoms with Crippen LogP contribution in [0.2, 0.25) is 10.2 Å². The van der Waals surface area contributed by atoms with Crippen molar-refractivity contribution in [1.82, 2.24) is 19.3 Å². The van der Waals surface area contributed by atoms with Crippen LogP contribution in [0.1, 0.15) is 13.3 Å². The topological polar surface area (TPSA) is 35.6 Å². The zero-order chi connectivity index (χ0) is 19.0. The maximum Gasteiger partial charge on any atom is 0.166 e. The second-order valence-corrected chi connectivity index (χ2v) is 7.74. The van der Waals surface area contributed by atoms with E-state index in [0.29, 0.717) is 21.7 Å². The maximum absolute atomic E-state index is 15.0. The Labute approximate surface area is 169 Å². The van der Waals surface area contributed by atoms with E-state index < -0.39 is 5.82 Å². The van der Waals surface area contributed by atoms with Crippen LogP contribution in [0.15, 0.2) is 58.8 Å². The fraction of sp³-hybridized carbons (Fsp3) is 0.158. The first-order valence-electron chi connectivity index (χ1n) is 8.39. The molecule has 27 heavy (non-hydrogen) atoms. The highest BCUT2D eigenvalue weighted by molar-refractivity contribution is 7.99. The molecule has 4 rings (SSSR count). The molecule has 4 nitrogen and oxygen atoms in total. The number of rotatable bonds is 5. The van der Waals surface area contributed by atoms with Gasteiger partial charge in [0.05, 0.1) is 27.3 Å². The predicted octanol–water partition coefficient (Wildman–Crippen LogP) is 6.23. The summed E-state index contributed by atoms with van der Waals surface area (Å²) in [6.45, 7) is 2.84. The Morgan fingerprint density at radius 1 is 1.19 bits per heavy atom. The average Bonchev–Trinajstić information content (AvgIpc) is 3.23.